The number of rotatable bonds is 10. The van der Waals surface area contributed by atoms with Gasteiger partial charge < -0.3 is 15.6 Å². The highest BCUT2D eigenvalue weighted by Gasteiger charge is 2.18. The summed E-state index contributed by atoms with van der Waals surface area (Å²) in [6.45, 7) is 1.87. The van der Waals surface area contributed by atoms with E-state index in [1.54, 1.807) is 0 Å². The number of para-hydroxylation sites is 1. The van der Waals surface area contributed by atoms with Crippen LogP contribution in [0, 0.1) is 0 Å². The van der Waals surface area contributed by atoms with Crippen molar-refractivity contribution in [2.75, 3.05) is 33.4 Å². The third-order valence-electron chi connectivity index (χ3n) is 4.20. The Kier molecular flexibility index (Phi) is 7.75. The molecule has 24 heavy (non-hydrogen) atoms. The summed E-state index contributed by atoms with van der Waals surface area (Å²) >= 11 is 0. The van der Waals surface area contributed by atoms with Gasteiger partial charge in [-0.15, -0.1) is 0 Å². The van der Waals surface area contributed by atoms with Crippen LogP contribution in [0.15, 0.2) is 54.6 Å². The molecule has 0 aromatic heterocycles. The third kappa shape index (κ3) is 5.34. The van der Waals surface area contributed by atoms with E-state index in [1.807, 2.05) is 31.3 Å². The zero-order valence-corrected chi connectivity index (χ0v) is 14.4. The zero-order valence-electron chi connectivity index (χ0n) is 14.4. The van der Waals surface area contributed by atoms with E-state index < -0.39 is 0 Å². The van der Waals surface area contributed by atoms with Crippen molar-refractivity contribution in [1.29, 1.82) is 0 Å². The normalized spacial score (nSPS) is 12.3. The van der Waals surface area contributed by atoms with Gasteiger partial charge in [0.1, 0.15) is 5.75 Å². The molecule has 1 atom stereocenters. The molecule has 0 saturated carbocycles. The molecule has 0 amide bonds. The van der Waals surface area contributed by atoms with Gasteiger partial charge in [0.05, 0.1) is 19.3 Å². The Bertz CT molecular complexity index is 589. The molecule has 2 aromatic carbocycles. The summed E-state index contributed by atoms with van der Waals surface area (Å²) in [6, 6.07) is 18.5. The second-order valence-electron chi connectivity index (χ2n) is 5.93. The molecule has 0 heterocycles. The van der Waals surface area contributed by atoms with Crippen molar-refractivity contribution in [3.05, 3.63) is 65.7 Å². The second-order valence-corrected chi connectivity index (χ2v) is 5.93. The quantitative estimate of drug-likeness (QED) is 0.658. The highest BCUT2D eigenvalue weighted by Crippen LogP contribution is 2.28. The average Bonchev–Trinajstić information content (AvgIpc) is 2.62. The molecule has 4 heteroatoms. The average molecular weight is 328 g/mol. The van der Waals surface area contributed by atoms with Crippen LogP contribution in [0.1, 0.15) is 23.6 Å². The van der Waals surface area contributed by atoms with Gasteiger partial charge in [0.2, 0.25) is 0 Å². The summed E-state index contributed by atoms with van der Waals surface area (Å²) in [7, 11) is 1.97. The minimum Gasteiger partial charge on any atom is -0.493 e. The minimum atomic E-state index is 0.0440. The lowest BCUT2D eigenvalue weighted by Crippen LogP contribution is -2.33. The number of ether oxygens (including phenoxy) is 1. The second kappa shape index (κ2) is 10.1. The van der Waals surface area contributed by atoms with Crippen molar-refractivity contribution < 1.29 is 9.84 Å². The molecule has 1 unspecified atom stereocenters. The number of aliphatic hydroxyl groups is 1. The molecular formula is C20H28N2O2. The fraction of sp³-hybridized carbons (Fsp3) is 0.400. The molecule has 0 fully saturated rings. The largest absolute Gasteiger partial charge is 0.493 e. The maximum absolute atomic E-state index is 9.17. The maximum Gasteiger partial charge on any atom is 0.124 e. The van der Waals surface area contributed by atoms with Crippen LogP contribution in [0.25, 0.3) is 0 Å². The van der Waals surface area contributed by atoms with Gasteiger partial charge in [-0.2, -0.15) is 0 Å². The van der Waals surface area contributed by atoms with Crippen molar-refractivity contribution in [3.8, 4) is 5.75 Å². The molecule has 4 nitrogen and oxygen atoms in total. The number of hydrogen-bond acceptors (Lipinski definition) is 4. The molecule has 0 aliphatic carbocycles. The van der Waals surface area contributed by atoms with Crippen LogP contribution in [0.2, 0.25) is 0 Å². The van der Waals surface area contributed by atoms with E-state index in [9.17, 15) is 0 Å². The molecule has 3 N–H and O–H groups in total. The molecule has 0 spiro atoms. The van der Waals surface area contributed by atoms with Crippen LogP contribution in [-0.2, 0) is 6.42 Å². The molecule has 0 bridgehead atoms. The molecule has 0 saturated heterocycles. The topological polar surface area (TPSA) is 58.7 Å². The fourth-order valence-electron chi connectivity index (χ4n) is 2.85. The molecule has 0 aliphatic heterocycles. The van der Waals surface area contributed by atoms with Gasteiger partial charge in [-0.3, -0.25) is 4.90 Å². The van der Waals surface area contributed by atoms with Gasteiger partial charge in [0.25, 0.3) is 0 Å². The Hall–Kier alpha value is -1.88. The predicted octanol–water partition coefficient (Wildman–Crippen LogP) is 2.62. The van der Waals surface area contributed by atoms with E-state index in [2.05, 4.69) is 35.2 Å². The van der Waals surface area contributed by atoms with Gasteiger partial charge in [0, 0.05) is 18.7 Å². The summed E-state index contributed by atoms with van der Waals surface area (Å²) < 4.78 is 6.03. The molecule has 2 aromatic rings. The number of nitrogens with two attached hydrogens (primary N) is 1. The van der Waals surface area contributed by atoms with Crippen molar-refractivity contribution in [3.63, 3.8) is 0 Å². The van der Waals surface area contributed by atoms with Crippen LogP contribution in [0.4, 0.5) is 0 Å². The monoisotopic (exact) mass is 328 g/mol. The Morgan fingerprint density at radius 2 is 1.79 bits per heavy atom. The van der Waals surface area contributed by atoms with Crippen LogP contribution in [0.5, 0.6) is 5.75 Å². The number of benzene rings is 2. The van der Waals surface area contributed by atoms with Crippen molar-refractivity contribution in [2.45, 2.75) is 18.9 Å². The van der Waals surface area contributed by atoms with Crippen LogP contribution in [0.3, 0.4) is 0 Å². The van der Waals surface area contributed by atoms with Gasteiger partial charge in [0.15, 0.2) is 0 Å². The smallest absolute Gasteiger partial charge is 0.124 e. The van der Waals surface area contributed by atoms with Crippen molar-refractivity contribution in [1.82, 2.24) is 4.90 Å². The Morgan fingerprint density at radius 1 is 1.08 bits per heavy atom. The first kappa shape index (κ1) is 18.5. The van der Waals surface area contributed by atoms with Gasteiger partial charge in [-0.05, 0) is 31.5 Å². The Balaban J connectivity index is 1.95. The first-order chi connectivity index (χ1) is 11.8. The number of hydrogen-bond donors (Lipinski definition) is 2. The summed E-state index contributed by atoms with van der Waals surface area (Å²) in [5.74, 6) is 0.880. The van der Waals surface area contributed by atoms with E-state index in [1.165, 1.54) is 5.56 Å². The third-order valence-corrected chi connectivity index (χ3v) is 4.20. The number of aliphatic hydroxyl groups excluding tert-OH is 1. The minimum absolute atomic E-state index is 0.0440. The Labute approximate surface area is 144 Å². The van der Waals surface area contributed by atoms with Crippen LogP contribution in [-0.4, -0.2) is 43.4 Å². The summed E-state index contributed by atoms with van der Waals surface area (Å²) in [5.41, 5.74) is 8.37. The summed E-state index contributed by atoms with van der Waals surface area (Å²) in [4.78, 5) is 2.06. The lowest BCUT2D eigenvalue weighted by molar-refractivity contribution is 0.180. The summed E-state index contributed by atoms with van der Waals surface area (Å²) in [5, 5.41) is 9.17. The molecule has 2 rings (SSSR count). The SMILES string of the molecule is CN(CCO)C(CN)c1ccccc1OCCCc1ccccc1. The lowest BCUT2D eigenvalue weighted by atomic mass is 10.0. The van der Waals surface area contributed by atoms with Crippen molar-refractivity contribution >= 4 is 0 Å². The van der Waals surface area contributed by atoms with E-state index in [4.69, 9.17) is 15.6 Å². The Morgan fingerprint density at radius 3 is 2.50 bits per heavy atom. The van der Waals surface area contributed by atoms with E-state index in [-0.39, 0.29) is 12.6 Å². The first-order valence-corrected chi connectivity index (χ1v) is 8.53. The highest BCUT2D eigenvalue weighted by molar-refractivity contribution is 5.36. The number of aryl methyl sites for hydroxylation is 1. The van der Waals surface area contributed by atoms with Crippen molar-refractivity contribution in [2.24, 2.45) is 5.73 Å². The first-order valence-electron chi connectivity index (χ1n) is 8.53. The van der Waals surface area contributed by atoms with E-state index in [0.29, 0.717) is 19.7 Å². The van der Waals surface area contributed by atoms with E-state index in [0.717, 1.165) is 24.2 Å². The van der Waals surface area contributed by atoms with Gasteiger partial charge >= 0.3 is 0 Å². The molecule has 0 radical (unpaired) electrons. The van der Waals surface area contributed by atoms with Gasteiger partial charge in [-0.1, -0.05) is 48.5 Å². The molecular weight excluding hydrogens is 300 g/mol. The standard InChI is InChI=1S/C20H28N2O2/c1-22(13-14-23)19(16-21)18-11-5-6-12-20(18)24-15-7-10-17-8-3-2-4-9-17/h2-6,8-9,11-12,19,23H,7,10,13-16,21H2,1H3. The van der Waals surface area contributed by atoms with E-state index >= 15 is 0 Å². The molecule has 0 aliphatic rings. The number of likely N-dealkylation sites (N-methyl/N-ethyl adjacent to an activating group) is 1. The highest BCUT2D eigenvalue weighted by atomic mass is 16.5. The van der Waals surface area contributed by atoms with Crippen LogP contribution < -0.4 is 10.5 Å². The lowest BCUT2D eigenvalue weighted by Gasteiger charge is -2.28. The van der Waals surface area contributed by atoms with Gasteiger partial charge in [-0.25, -0.2) is 0 Å². The van der Waals surface area contributed by atoms with Crippen LogP contribution >= 0.6 is 0 Å². The zero-order chi connectivity index (χ0) is 17.2. The summed E-state index contributed by atoms with van der Waals surface area (Å²) in [6.07, 6.45) is 1.98. The number of nitrogens with zero attached hydrogens (tertiary/aromatic N) is 1. The maximum atomic E-state index is 9.17. The predicted molar refractivity (Wildman–Crippen MR) is 98.2 cm³/mol. The fourth-order valence-corrected chi connectivity index (χ4v) is 2.85. The molecule has 130 valence electrons.